The maximum Gasteiger partial charge on any atom is 0.128 e. The number of aromatic amines is 1. The molecule has 2 heterocycles. The average Bonchev–Trinajstić information content (AvgIpc) is 2.86. The fourth-order valence-electron chi connectivity index (χ4n) is 2.81. The molecule has 2 aromatic rings. The van der Waals surface area contributed by atoms with Crippen molar-refractivity contribution in [1.82, 2.24) is 10.2 Å². The van der Waals surface area contributed by atoms with Gasteiger partial charge in [0, 0.05) is 18.5 Å². The second-order valence-corrected chi connectivity index (χ2v) is 6.11. The Kier molecular flexibility index (Phi) is 2.96. The minimum absolute atomic E-state index is 0.0973. The van der Waals surface area contributed by atoms with Gasteiger partial charge in [0.05, 0.1) is 17.1 Å². The van der Waals surface area contributed by atoms with Crippen LogP contribution in [-0.2, 0) is 13.0 Å². The molecule has 1 aromatic carbocycles. The lowest BCUT2D eigenvalue weighted by Crippen LogP contribution is -2.25. The van der Waals surface area contributed by atoms with E-state index in [9.17, 15) is 0 Å². The van der Waals surface area contributed by atoms with Crippen LogP contribution in [0.1, 0.15) is 36.4 Å². The van der Waals surface area contributed by atoms with Crippen molar-refractivity contribution < 1.29 is 4.74 Å². The van der Waals surface area contributed by atoms with E-state index in [0.29, 0.717) is 0 Å². The number of fused-ring (bicyclic) bond motifs is 1. The van der Waals surface area contributed by atoms with E-state index in [-0.39, 0.29) is 5.60 Å². The van der Waals surface area contributed by atoms with Crippen LogP contribution in [0.25, 0.3) is 0 Å². The largest absolute Gasteiger partial charge is 0.487 e. The molecule has 0 saturated carbocycles. The molecule has 0 saturated heterocycles. The summed E-state index contributed by atoms with van der Waals surface area (Å²) in [6.45, 7) is 9.04. The summed E-state index contributed by atoms with van der Waals surface area (Å²) in [6, 6.07) is 6.38. The van der Waals surface area contributed by atoms with Gasteiger partial charge in [-0.3, -0.25) is 5.10 Å². The van der Waals surface area contributed by atoms with Crippen molar-refractivity contribution in [3.63, 3.8) is 0 Å². The van der Waals surface area contributed by atoms with Gasteiger partial charge in [0.1, 0.15) is 11.4 Å². The van der Waals surface area contributed by atoms with Crippen molar-refractivity contribution in [1.29, 1.82) is 0 Å². The average molecular weight is 271 g/mol. The molecule has 106 valence electrons. The molecule has 3 rings (SSSR count). The highest BCUT2D eigenvalue weighted by Crippen LogP contribution is 2.37. The molecule has 0 unspecified atom stereocenters. The molecule has 4 nitrogen and oxygen atoms in total. The highest BCUT2D eigenvalue weighted by molar-refractivity contribution is 5.53. The summed E-state index contributed by atoms with van der Waals surface area (Å²) in [5, 5.41) is 10.7. The fraction of sp³-hybridized carbons (Fsp3) is 0.438. The topological polar surface area (TPSA) is 49.9 Å². The van der Waals surface area contributed by atoms with E-state index in [1.165, 1.54) is 11.1 Å². The van der Waals surface area contributed by atoms with Gasteiger partial charge in [0.15, 0.2) is 0 Å². The van der Waals surface area contributed by atoms with Crippen molar-refractivity contribution in [3.05, 3.63) is 40.7 Å². The normalized spacial score (nSPS) is 15.8. The van der Waals surface area contributed by atoms with Crippen LogP contribution in [0.5, 0.6) is 5.75 Å². The molecule has 2 N–H and O–H groups in total. The number of nitrogens with one attached hydrogen (secondary N) is 2. The zero-order valence-electron chi connectivity index (χ0n) is 12.5. The lowest BCUT2D eigenvalue weighted by atomic mass is 10.0. The molecule has 1 aromatic heterocycles. The molecule has 1 aliphatic heterocycles. The minimum Gasteiger partial charge on any atom is -0.487 e. The molecule has 1 aliphatic rings. The predicted molar refractivity (Wildman–Crippen MR) is 80.2 cm³/mol. The fourth-order valence-corrected chi connectivity index (χ4v) is 2.81. The Morgan fingerprint density at radius 3 is 2.85 bits per heavy atom. The first-order valence-corrected chi connectivity index (χ1v) is 7.01. The molecule has 20 heavy (non-hydrogen) atoms. The van der Waals surface area contributed by atoms with Crippen molar-refractivity contribution in [2.45, 2.75) is 46.3 Å². The zero-order valence-corrected chi connectivity index (χ0v) is 12.5. The van der Waals surface area contributed by atoms with Crippen LogP contribution >= 0.6 is 0 Å². The number of anilines is 1. The van der Waals surface area contributed by atoms with Crippen LogP contribution in [0.15, 0.2) is 18.2 Å². The Morgan fingerprint density at radius 2 is 2.15 bits per heavy atom. The van der Waals surface area contributed by atoms with Gasteiger partial charge in [0.2, 0.25) is 0 Å². The molecule has 0 fully saturated rings. The van der Waals surface area contributed by atoms with Gasteiger partial charge in [-0.1, -0.05) is 18.2 Å². The molecule has 0 atom stereocenters. The Bertz CT molecular complexity index is 624. The van der Waals surface area contributed by atoms with Gasteiger partial charge in [0.25, 0.3) is 0 Å². The number of benzene rings is 1. The summed E-state index contributed by atoms with van der Waals surface area (Å²) in [6.07, 6.45) is 0.972. The van der Waals surface area contributed by atoms with E-state index in [0.717, 1.165) is 35.8 Å². The maximum absolute atomic E-state index is 6.09. The van der Waals surface area contributed by atoms with E-state index in [1.807, 2.05) is 13.8 Å². The van der Waals surface area contributed by atoms with Crippen LogP contribution in [0, 0.1) is 13.8 Å². The highest BCUT2D eigenvalue weighted by atomic mass is 16.5. The minimum atomic E-state index is -0.0973. The number of para-hydroxylation sites is 1. The number of H-pyrrole nitrogens is 1. The zero-order chi connectivity index (χ0) is 14.3. The quantitative estimate of drug-likeness (QED) is 0.900. The number of aromatic nitrogens is 2. The van der Waals surface area contributed by atoms with Crippen LogP contribution in [0.2, 0.25) is 0 Å². The highest BCUT2D eigenvalue weighted by Gasteiger charge is 2.31. The van der Waals surface area contributed by atoms with Gasteiger partial charge in [-0.2, -0.15) is 5.10 Å². The van der Waals surface area contributed by atoms with Crippen LogP contribution < -0.4 is 10.1 Å². The van der Waals surface area contributed by atoms with Crippen LogP contribution in [0.3, 0.4) is 0 Å². The van der Waals surface area contributed by atoms with Crippen molar-refractivity contribution >= 4 is 5.69 Å². The molecule has 0 amide bonds. The molecule has 0 radical (unpaired) electrons. The van der Waals surface area contributed by atoms with Gasteiger partial charge >= 0.3 is 0 Å². The van der Waals surface area contributed by atoms with E-state index < -0.39 is 0 Å². The first-order chi connectivity index (χ1) is 9.46. The summed E-state index contributed by atoms with van der Waals surface area (Å²) < 4.78 is 6.09. The standard InChI is InChI=1S/C16H21N3O/c1-10-14(11(2)19-18-10)17-9-13-7-5-6-12-8-16(3,4)20-15(12)13/h5-7,17H,8-9H2,1-4H3,(H,18,19). The first kappa shape index (κ1) is 13.0. The molecule has 0 aliphatic carbocycles. The Morgan fingerprint density at radius 1 is 1.35 bits per heavy atom. The summed E-state index contributed by atoms with van der Waals surface area (Å²) in [5.41, 5.74) is 5.55. The van der Waals surface area contributed by atoms with Crippen molar-refractivity contribution in [2.75, 3.05) is 5.32 Å². The number of nitrogens with zero attached hydrogens (tertiary/aromatic N) is 1. The molecule has 4 heteroatoms. The number of aryl methyl sites for hydroxylation is 2. The third-order valence-corrected chi connectivity index (χ3v) is 3.76. The molecule has 0 spiro atoms. The SMILES string of the molecule is Cc1n[nH]c(C)c1NCc1cccc2c1OC(C)(C)C2. The summed E-state index contributed by atoms with van der Waals surface area (Å²) in [4.78, 5) is 0. The van der Waals surface area contributed by atoms with Crippen molar-refractivity contribution in [2.24, 2.45) is 0 Å². The Labute approximate surface area is 119 Å². The molecular formula is C16H21N3O. The third kappa shape index (κ3) is 2.26. The summed E-state index contributed by atoms with van der Waals surface area (Å²) in [5.74, 6) is 1.05. The first-order valence-electron chi connectivity index (χ1n) is 7.01. The van der Waals surface area contributed by atoms with Gasteiger partial charge in [-0.05, 0) is 33.3 Å². The summed E-state index contributed by atoms with van der Waals surface area (Å²) in [7, 11) is 0. The number of ether oxygens (including phenoxy) is 1. The molecule has 0 bridgehead atoms. The smallest absolute Gasteiger partial charge is 0.128 e. The Hall–Kier alpha value is -1.97. The lowest BCUT2D eigenvalue weighted by molar-refractivity contribution is 0.137. The van der Waals surface area contributed by atoms with E-state index in [4.69, 9.17) is 4.74 Å². The number of hydrogen-bond acceptors (Lipinski definition) is 3. The van der Waals surface area contributed by atoms with E-state index in [1.54, 1.807) is 0 Å². The van der Waals surface area contributed by atoms with E-state index in [2.05, 4.69) is 47.6 Å². The monoisotopic (exact) mass is 271 g/mol. The number of rotatable bonds is 3. The van der Waals surface area contributed by atoms with Crippen LogP contribution in [-0.4, -0.2) is 15.8 Å². The number of hydrogen-bond donors (Lipinski definition) is 2. The van der Waals surface area contributed by atoms with E-state index >= 15 is 0 Å². The van der Waals surface area contributed by atoms with Crippen LogP contribution in [0.4, 0.5) is 5.69 Å². The summed E-state index contributed by atoms with van der Waals surface area (Å²) >= 11 is 0. The molecular weight excluding hydrogens is 250 g/mol. The van der Waals surface area contributed by atoms with Gasteiger partial charge < -0.3 is 10.1 Å². The van der Waals surface area contributed by atoms with Gasteiger partial charge in [-0.15, -0.1) is 0 Å². The van der Waals surface area contributed by atoms with Crippen molar-refractivity contribution in [3.8, 4) is 5.75 Å². The second kappa shape index (κ2) is 4.54. The predicted octanol–water partition coefficient (Wildman–Crippen LogP) is 3.35. The second-order valence-electron chi connectivity index (χ2n) is 6.11. The maximum atomic E-state index is 6.09. The third-order valence-electron chi connectivity index (χ3n) is 3.76. The lowest BCUT2D eigenvalue weighted by Gasteiger charge is -2.18. The Balaban J connectivity index is 1.82. The van der Waals surface area contributed by atoms with Gasteiger partial charge in [-0.25, -0.2) is 0 Å².